The molecule has 0 bridgehead atoms. The number of rotatable bonds is 4. The van der Waals surface area contributed by atoms with Crippen LogP contribution in [-0.2, 0) is 0 Å². The van der Waals surface area contributed by atoms with E-state index in [9.17, 15) is 5.26 Å². The van der Waals surface area contributed by atoms with Gasteiger partial charge in [0.25, 0.3) is 0 Å². The first kappa shape index (κ1) is 16.7. The van der Waals surface area contributed by atoms with Crippen molar-refractivity contribution in [3.05, 3.63) is 46.6 Å². The summed E-state index contributed by atoms with van der Waals surface area (Å²) in [6, 6.07) is 8.06. The van der Waals surface area contributed by atoms with E-state index in [0.717, 1.165) is 22.2 Å². The lowest BCUT2D eigenvalue weighted by Crippen LogP contribution is -2.24. The Labute approximate surface area is 145 Å². The highest BCUT2D eigenvalue weighted by Crippen LogP contribution is 2.40. The zero-order valence-corrected chi connectivity index (χ0v) is 14.0. The van der Waals surface area contributed by atoms with E-state index in [1.54, 1.807) is 0 Å². The third-order valence-electron chi connectivity index (χ3n) is 4.40. The van der Waals surface area contributed by atoms with E-state index in [1.807, 2.05) is 32.0 Å². The standard InChI is InChI=1S/C18H18N6O/c1-10-14(9-19)16(17(20-3)11(2)22-10)12-4-5-15-13(8-12)18(24-23-15)21-6-7-25/h4-5,8,14,16,25H,6-7H2,1-2H3,(H2,21,23,24). The zero-order chi connectivity index (χ0) is 18.0. The van der Waals surface area contributed by atoms with Gasteiger partial charge in [0, 0.05) is 29.3 Å². The summed E-state index contributed by atoms with van der Waals surface area (Å²) in [7, 11) is 0. The van der Waals surface area contributed by atoms with Crippen LogP contribution in [0.2, 0.25) is 0 Å². The number of aliphatic hydroxyl groups is 1. The largest absolute Gasteiger partial charge is 0.395 e. The highest BCUT2D eigenvalue weighted by atomic mass is 16.3. The predicted octanol–water partition coefficient (Wildman–Crippen LogP) is 2.82. The Kier molecular flexibility index (Phi) is 4.51. The van der Waals surface area contributed by atoms with Gasteiger partial charge >= 0.3 is 0 Å². The molecule has 0 fully saturated rings. The van der Waals surface area contributed by atoms with E-state index < -0.39 is 5.92 Å². The first-order valence-corrected chi connectivity index (χ1v) is 7.96. The van der Waals surface area contributed by atoms with Crippen molar-refractivity contribution in [2.24, 2.45) is 10.9 Å². The molecule has 2 heterocycles. The van der Waals surface area contributed by atoms with Gasteiger partial charge in [-0.1, -0.05) is 6.07 Å². The molecule has 2 aromatic rings. The Morgan fingerprint density at radius 3 is 2.92 bits per heavy atom. The monoisotopic (exact) mass is 334 g/mol. The fourth-order valence-corrected chi connectivity index (χ4v) is 3.22. The van der Waals surface area contributed by atoms with Gasteiger partial charge in [0.15, 0.2) is 11.5 Å². The molecule has 0 saturated heterocycles. The van der Waals surface area contributed by atoms with Crippen LogP contribution in [0, 0.1) is 23.8 Å². The van der Waals surface area contributed by atoms with Gasteiger partial charge < -0.3 is 10.4 Å². The smallest absolute Gasteiger partial charge is 0.195 e. The first-order chi connectivity index (χ1) is 12.1. The number of anilines is 1. The number of aliphatic hydroxyl groups excluding tert-OH is 1. The van der Waals surface area contributed by atoms with E-state index >= 15 is 0 Å². The van der Waals surface area contributed by atoms with E-state index in [1.165, 1.54) is 0 Å². The number of fused-ring (bicyclic) bond motifs is 1. The van der Waals surface area contributed by atoms with Crippen molar-refractivity contribution in [1.82, 2.24) is 10.2 Å². The van der Waals surface area contributed by atoms with Crippen molar-refractivity contribution in [2.75, 3.05) is 18.5 Å². The fourth-order valence-electron chi connectivity index (χ4n) is 3.22. The molecule has 0 saturated carbocycles. The Morgan fingerprint density at radius 2 is 2.24 bits per heavy atom. The maximum Gasteiger partial charge on any atom is 0.195 e. The Morgan fingerprint density at radius 1 is 1.44 bits per heavy atom. The molecule has 0 spiro atoms. The number of nitrogens with zero attached hydrogens (tertiary/aromatic N) is 4. The summed E-state index contributed by atoms with van der Waals surface area (Å²) in [6.45, 7) is 11.6. The normalized spacial score (nSPS) is 20.1. The molecule has 1 aliphatic heterocycles. The third kappa shape index (κ3) is 2.86. The second-order valence-electron chi connectivity index (χ2n) is 5.95. The van der Waals surface area contributed by atoms with Gasteiger partial charge in [-0.3, -0.25) is 10.1 Å². The Hall–Kier alpha value is -3.16. The van der Waals surface area contributed by atoms with Crippen LogP contribution >= 0.6 is 0 Å². The van der Waals surface area contributed by atoms with Gasteiger partial charge in [-0.25, -0.2) is 4.85 Å². The molecule has 7 nitrogen and oxygen atoms in total. The van der Waals surface area contributed by atoms with Crippen LogP contribution in [-0.4, -0.2) is 34.2 Å². The number of aromatic amines is 1. The molecule has 25 heavy (non-hydrogen) atoms. The number of allylic oxidation sites excluding steroid dienone is 2. The van der Waals surface area contributed by atoms with Crippen molar-refractivity contribution >= 4 is 22.4 Å². The average molecular weight is 334 g/mol. The molecule has 126 valence electrons. The maximum absolute atomic E-state index is 9.62. The van der Waals surface area contributed by atoms with E-state index in [0.29, 0.717) is 23.8 Å². The van der Waals surface area contributed by atoms with Gasteiger partial charge in [0.1, 0.15) is 0 Å². The third-order valence-corrected chi connectivity index (χ3v) is 4.40. The molecule has 1 aromatic heterocycles. The van der Waals surface area contributed by atoms with Gasteiger partial charge in [-0.2, -0.15) is 10.4 Å². The first-order valence-electron chi connectivity index (χ1n) is 7.96. The summed E-state index contributed by atoms with van der Waals surface area (Å²) in [5.41, 5.74) is 3.62. The molecule has 3 N–H and O–H groups in total. The highest BCUT2D eigenvalue weighted by Gasteiger charge is 2.34. The summed E-state index contributed by atoms with van der Waals surface area (Å²) in [6.07, 6.45) is 0. The molecule has 0 aliphatic carbocycles. The number of hydrogen-bond donors (Lipinski definition) is 3. The minimum absolute atomic E-state index is 0.00659. The number of H-pyrrole nitrogens is 1. The van der Waals surface area contributed by atoms with Gasteiger partial charge in [-0.15, -0.1) is 0 Å². The number of benzene rings is 1. The average Bonchev–Trinajstić information content (AvgIpc) is 3.01. The minimum Gasteiger partial charge on any atom is -0.395 e. The lowest BCUT2D eigenvalue weighted by Gasteiger charge is -2.26. The summed E-state index contributed by atoms with van der Waals surface area (Å²) in [5.74, 6) is -0.165. The Bertz CT molecular complexity index is 956. The SMILES string of the molecule is [C-]#[N+]C1=C(C)N=C(C)C(C#N)C1c1ccc2[nH]nc(NCCO)c2c1. The molecule has 3 rings (SSSR count). The zero-order valence-electron chi connectivity index (χ0n) is 14.0. The summed E-state index contributed by atoms with van der Waals surface area (Å²) in [5, 5.41) is 29.7. The summed E-state index contributed by atoms with van der Waals surface area (Å²) >= 11 is 0. The molecule has 1 aromatic carbocycles. The summed E-state index contributed by atoms with van der Waals surface area (Å²) < 4.78 is 0. The van der Waals surface area contributed by atoms with Crippen LogP contribution in [0.15, 0.2) is 34.6 Å². The molecule has 0 amide bonds. The van der Waals surface area contributed by atoms with E-state index in [-0.39, 0.29) is 12.5 Å². The van der Waals surface area contributed by atoms with E-state index in [2.05, 4.69) is 31.4 Å². The van der Waals surface area contributed by atoms with E-state index in [4.69, 9.17) is 11.7 Å². The second-order valence-corrected chi connectivity index (χ2v) is 5.95. The van der Waals surface area contributed by atoms with Gasteiger partial charge in [0.2, 0.25) is 0 Å². The van der Waals surface area contributed by atoms with Crippen LogP contribution in [0.1, 0.15) is 25.3 Å². The number of nitrogens with one attached hydrogen (secondary N) is 2. The molecule has 0 radical (unpaired) electrons. The lowest BCUT2D eigenvalue weighted by atomic mass is 9.79. The van der Waals surface area contributed by atoms with Crippen LogP contribution in [0.5, 0.6) is 0 Å². The van der Waals surface area contributed by atoms with Crippen LogP contribution in [0.25, 0.3) is 15.7 Å². The maximum atomic E-state index is 9.62. The van der Waals surface area contributed by atoms with Gasteiger partial charge in [0.05, 0.1) is 30.7 Å². The molecule has 1 aliphatic rings. The van der Waals surface area contributed by atoms with Gasteiger partial charge in [-0.05, 0) is 31.5 Å². The number of aromatic nitrogens is 2. The Balaban J connectivity index is 2.12. The van der Waals surface area contributed by atoms with Crippen molar-refractivity contribution in [1.29, 1.82) is 5.26 Å². The lowest BCUT2D eigenvalue weighted by molar-refractivity contribution is 0.311. The second kappa shape index (κ2) is 6.76. The van der Waals surface area contributed by atoms with Crippen LogP contribution in [0.3, 0.4) is 0 Å². The molecular weight excluding hydrogens is 316 g/mol. The molecular formula is C18H18N6O. The van der Waals surface area contributed by atoms with Crippen LogP contribution in [0.4, 0.5) is 5.82 Å². The fraction of sp³-hybridized carbons (Fsp3) is 0.333. The van der Waals surface area contributed by atoms with Crippen molar-refractivity contribution in [3.63, 3.8) is 0 Å². The summed E-state index contributed by atoms with van der Waals surface area (Å²) in [4.78, 5) is 8.03. The van der Waals surface area contributed by atoms with Crippen molar-refractivity contribution in [3.8, 4) is 6.07 Å². The van der Waals surface area contributed by atoms with Crippen molar-refractivity contribution in [2.45, 2.75) is 19.8 Å². The quantitative estimate of drug-likeness (QED) is 0.748. The number of hydrogen-bond acceptors (Lipinski definition) is 5. The number of aliphatic imine (C=N–C) groups is 1. The van der Waals surface area contributed by atoms with Crippen LogP contribution < -0.4 is 5.32 Å². The number of nitriles is 1. The topological polar surface area (TPSA) is 101 Å². The molecule has 7 heteroatoms. The minimum atomic E-state index is -0.467. The molecule has 2 atom stereocenters. The van der Waals surface area contributed by atoms with Crippen molar-refractivity contribution < 1.29 is 5.11 Å². The predicted molar refractivity (Wildman–Crippen MR) is 95.9 cm³/mol. The molecule has 2 unspecified atom stereocenters. The highest BCUT2D eigenvalue weighted by molar-refractivity contribution is 5.92.